The molecule has 0 unspecified atom stereocenters. The van der Waals surface area contributed by atoms with Crippen molar-refractivity contribution in [3.8, 4) is 5.75 Å². The van der Waals surface area contributed by atoms with Gasteiger partial charge in [0.2, 0.25) is 0 Å². The van der Waals surface area contributed by atoms with Gasteiger partial charge in [0.1, 0.15) is 11.6 Å². The third-order valence-corrected chi connectivity index (χ3v) is 4.14. The van der Waals surface area contributed by atoms with Crippen LogP contribution in [0.4, 0.5) is 0 Å². The molecule has 1 aromatic carbocycles. The van der Waals surface area contributed by atoms with Crippen LogP contribution in [-0.4, -0.2) is 22.5 Å². The molecule has 1 heterocycles. The second-order valence-electron chi connectivity index (χ2n) is 5.11. The van der Waals surface area contributed by atoms with Gasteiger partial charge < -0.3 is 9.30 Å². The van der Waals surface area contributed by atoms with Crippen molar-refractivity contribution in [1.29, 1.82) is 0 Å². The van der Waals surface area contributed by atoms with Gasteiger partial charge in [-0.3, -0.25) is 0 Å². The Labute approximate surface area is 125 Å². The molecular formula is C16H23ClN2O. The highest BCUT2D eigenvalue weighted by atomic mass is 35.5. The second kappa shape index (κ2) is 6.98. The molecule has 1 aromatic heterocycles. The van der Waals surface area contributed by atoms with E-state index < -0.39 is 0 Å². The molecule has 0 N–H and O–H groups in total. The lowest BCUT2D eigenvalue weighted by atomic mass is 10.0. The maximum atomic E-state index is 5.92. The summed E-state index contributed by atoms with van der Waals surface area (Å²) in [6, 6.07) is 6.09. The first-order chi connectivity index (χ1) is 9.73. The number of hydrogen-bond acceptors (Lipinski definition) is 2. The molecule has 0 aliphatic carbocycles. The van der Waals surface area contributed by atoms with Gasteiger partial charge in [-0.2, -0.15) is 0 Å². The second-order valence-corrected chi connectivity index (χ2v) is 5.49. The molecule has 0 fully saturated rings. The molecule has 110 valence electrons. The van der Waals surface area contributed by atoms with Crippen molar-refractivity contribution in [3.63, 3.8) is 0 Å². The number of nitrogens with zero attached hydrogens (tertiary/aromatic N) is 2. The summed E-state index contributed by atoms with van der Waals surface area (Å²) in [5.74, 6) is 3.21. The van der Waals surface area contributed by atoms with Crippen molar-refractivity contribution in [2.75, 3.05) is 13.0 Å². The number of aryl methyl sites for hydroxylation is 1. The van der Waals surface area contributed by atoms with Crippen LogP contribution < -0.4 is 4.74 Å². The molecule has 0 aliphatic heterocycles. The van der Waals surface area contributed by atoms with Crippen LogP contribution in [0.5, 0.6) is 5.75 Å². The van der Waals surface area contributed by atoms with Gasteiger partial charge in [0, 0.05) is 24.9 Å². The summed E-state index contributed by atoms with van der Waals surface area (Å²) < 4.78 is 7.61. The Morgan fingerprint density at radius 1 is 1.30 bits per heavy atom. The van der Waals surface area contributed by atoms with E-state index in [1.807, 2.05) is 12.1 Å². The van der Waals surface area contributed by atoms with Crippen molar-refractivity contribution in [2.45, 2.75) is 39.7 Å². The molecule has 0 saturated heterocycles. The van der Waals surface area contributed by atoms with Crippen LogP contribution >= 0.6 is 11.6 Å². The molecule has 0 atom stereocenters. The van der Waals surface area contributed by atoms with Crippen molar-refractivity contribution < 1.29 is 4.74 Å². The highest BCUT2D eigenvalue weighted by Crippen LogP contribution is 2.24. The number of ether oxygens (including phenoxy) is 1. The first kappa shape index (κ1) is 15.2. The molecule has 3 nitrogen and oxygen atoms in total. The van der Waals surface area contributed by atoms with E-state index in [-0.39, 0.29) is 0 Å². The van der Waals surface area contributed by atoms with E-state index in [1.54, 1.807) is 7.11 Å². The fraction of sp³-hybridized carbons (Fsp3) is 0.562. The molecule has 0 saturated carbocycles. The smallest absolute Gasteiger partial charge is 0.121 e. The number of methoxy groups -OCH3 is 1. The number of benzene rings is 1. The summed E-state index contributed by atoms with van der Waals surface area (Å²) in [7, 11) is 1.68. The van der Waals surface area contributed by atoms with Gasteiger partial charge in [-0.25, -0.2) is 4.98 Å². The summed E-state index contributed by atoms with van der Waals surface area (Å²) in [6.07, 6.45) is 3.18. The lowest BCUT2D eigenvalue weighted by Gasteiger charge is -2.16. The molecule has 0 spiro atoms. The first-order valence-corrected chi connectivity index (χ1v) is 7.86. The van der Waals surface area contributed by atoms with Crippen molar-refractivity contribution >= 4 is 22.6 Å². The van der Waals surface area contributed by atoms with Crippen molar-refractivity contribution in [2.24, 2.45) is 5.92 Å². The summed E-state index contributed by atoms with van der Waals surface area (Å²) in [4.78, 5) is 4.73. The van der Waals surface area contributed by atoms with Crippen molar-refractivity contribution in [3.05, 3.63) is 24.0 Å². The van der Waals surface area contributed by atoms with E-state index in [1.165, 1.54) is 18.4 Å². The minimum Gasteiger partial charge on any atom is -0.497 e. The molecule has 20 heavy (non-hydrogen) atoms. The Morgan fingerprint density at radius 2 is 2.05 bits per heavy atom. The Hall–Kier alpha value is -1.22. The fourth-order valence-electron chi connectivity index (χ4n) is 2.57. The molecule has 0 radical (unpaired) electrons. The summed E-state index contributed by atoms with van der Waals surface area (Å²) >= 11 is 5.92. The van der Waals surface area contributed by atoms with Gasteiger partial charge >= 0.3 is 0 Å². The van der Waals surface area contributed by atoms with Crippen LogP contribution in [0.1, 0.15) is 32.5 Å². The van der Waals surface area contributed by atoms with Gasteiger partial charge in [0.15, 0.2) is 0 Å². The van der Waals surface area contributed by atoms with Gasteiger partial charge in [0.05, 0.1) is 18.1 Å². The van der Waals surface area contributed by atoms with Crippen LogP contribution in [0.2, 0.25) is 0 Å². The Morgan fingerprint density at radius 3 is 2.65 bits per heavy atom. The lowest BCUT2D eigenvalue weighted by molar-refractivity contribution is 0.414. The number of aromatic nitrogens is 2. The number of fused-ring (bicyclic) bond motifs is 1. The van der Waals surface area contributed by atoms with E-state index in [4.69, 9.17) is 21.3 Å². The molecule has 4 heteroatoms. The average molecular weight is 295 g/mol. The minimum absolute atomic E-state index is 0.601. The molecule has 0 amide bonds. The number of imidazole rings is 1. The molecule has 2 rings (SSSR count). The SMILES string of the molecule is CCC(CC)Cn1c(CCCl)nc2cc(OC)ccc21. The highest BCUT2D eigenvalue weighted by Gasteiger charge is 2.14. The Balaban J connectivity index is 2.45. The van der Waals surface area contributed by atoms with Crippen LogP contribution in [0.3, 0.4) is 0 Å². The zero-order valence-electron chi connectivity index (χ0n) is 12.5. The highest BCUT2D eigenvalue weighted by molar-refractivity contribution is 6.17. The third kappa shape index (κ3) is 3.09. The van der Waals surface area contributed by atoms with Crippen LogP contribution in [0, 0.1) is 5.92 Å². The zero-order valence-corrected chi connectivity index (χ0v) is 13.3. The normalized spacial score (nSPS) is 11.4. The Bertz CT molecular complexity index is 561. The van der Waals surface area contributed by atoms with E-state index in [0.717, 1.165) is 30.1 Å². The van der Waals surface area contributed by atoms with E-state index >= 15 is 0 Å². The molecule has 0 aliphatic rings. The van der Waals surface area contributed by atoms with E-state index in [2.05, 4.69) is 24.5 Å². The number of halogens is 1. The van der Waals surface area contributed by atoms with E-state index in [0.29, 0.717) is 11.8 Å². The lowest BCUT2D eigenvalue weighted by Crippen LogP contribution is -2.12. The Kier molecular flexibility index (Phi) is 5.30. The first-order valence-electron chi connectivity index (χ1n) is 7.32. The van der Waals surface area contributed by atoms with Crippen molar-refractivity contribution in [1.82, 2.24) is 9.55 Å². The number of rotatable bonds is 7. The number of alkyl halides is 1. The van der Waals surface area contributed by atoms with Crippen LogP contribution in [0.25, 0.3) is 11.0 Å². The monoisotopic (exact) mass is 294 g/mol. The largest absolute Gasteiger partial charge is 0.497 e. The average Bonchev–Trinajstić information content (AvgIpc) is 2.81. The molecule has 0 bridgehead atoms. The van der Waals surface area contributed by atoms with Crippen LogP contribution in [0.15, 0.2) is 18.2 Å². The minimum atomic E-state index is 0.601. The summed E-state index contributed by atoms with van der Waals surface area (Å²) in [6.45, 7) is 5.51. The standard InChI is InChI=1S/C16H23ClN2O/c1-4-12(5-2)11-19-15-7-6-13(20-3)10-14(15)18-16(19)8-9-17/h6-7,10,12H,4-5,8-9,11H2,1-3H3. The zero-order chi connectivity index (χ0) is 14.5. The summed E-state index contributed by atoms with van der Waals surface area (Å²) in [5, 5.41) is 0. The van der Waals surface area contributed by atoms with Gasteiger partial charge in [-0.1, -0.05) is 26.7 Å². The predicted octanol–water partition coefficient (Wildman–Crippen LogP) is 4.26. The van der Waals surface area contributed by atoms with E-state index in [9.17, 15) is 0 Å². The topological polar surface area (TPSA) is 27.1 Å². The van der Waals surface area contributed by atoms with Gasteiger partial charge in [0.25, 0.3) is 0 Å². The third-order valence-electron chi connectivity index (χ3n) is 3.95. The number of hydrogen-bond donors (Lipinski definition) is 0. The van der Waals surface area contributed by atoms with Gasteiger partial charge in [-0.05, 0) is 18.1 Å². The maximum Gasteiger partial charge on any atom is 0.121 e. The predicted molar refractivity (Wildman–Crippen MR) is 84.8 cm³/mol. The summed E-state index contributed by atoms with van der Waals surface area (Å²) in [5.41, 5.74) is 2.17. The van der Waals surface area contributed by atoms with Crippen LogP contribution in [-0.2, 0) is 13.0 Å². The van der Waals surface area contributed by atoms with Gasteiger partial charge in [-0.15, -0.1) is 11.6 Å². The molecule has 2 aromatic rings. The quantitative estimate of drug-likeness (QED) is 0.713. The maximum absolute atomic E-state index is 5.92. The molecular weight excluding hydrogens is 272 g/mol. The fourth-order valence-corrected chi connectivity index (χ4v) is 2.74.